The van der Waals surface area contributed by atoms with E-state index >= 15 is 0 Å². The van der Waals surface area contributed by atoms with Gasteiger partial charge in [-0.05, 0) is 31.0 Å². The molecule has 0 atom stereocenters. The quantitative estimate of drug-likeness (QED) is 0.843. The van der Waals surface area contributed by atoms with Crippen LogP contribution in [0.1, 0.15) is 12.8 Å². The second kappa shape index (κ2) is 5.42. The van der Waals surface area contributed by atoms with Gasteiger partial charge in [-0.15, -0.1) is 0 Å². The van der Waals surface area contributed by atoms with Crippen LogP contribution in [0, 0.1) is 5.82 Å². The van der Waals surface area contributed by atoms with Gasteiger partial charge in [0.25, 0.3) is 0 Å². The second-order valence-corrected chi connectivity index (χ2v) is 6.59. The molecular weight excluding hydrogens is 279 g/mol. The molecule has 0 bridgehead atoms. The normalized spacial score (nSPS) is 15.7. The summed E-state index contributed by atoms with van der Waals surface area (Å²) in [6, 6.07) is 4.05. The van der Waals surface area contributed by atoms with Crippen LogP contribution in [0.3, 0.4) is 0 Å². The van der Waals surface area contributed by atoms with Crippen LogP contribution < -0.4 is 10.0 Å². The first-order valence-electron chi connectivity index (χ1n) is 5.64. The number of nitrogens with one attached hydrogen (secondary N) is 2. The Bertz CT molecular complexity index is 512. The van der Waals surface area contributed by atoms with Gasteiger partial charge in [-0.2, -0.15) is 0 Å². The van der Waals surface area contributed by atoms with Crippen LogP contribution in [0.25, 0.3) is 0 Å². The largest absolute Gasteiger partial charge is 0.313 e. The molecule has 18 heavy (non-hydrogen) atoms. The number of anilines is 1. The van der Waals surface area contributed by atoms with Crippen molar-refractivity contribution in [3.8, 4) is 0 Å². The summed E-state index contributed by atoms with van der Waals surface area (Å²) in [6.07, 6.45) is 2.21. The predicted molar refractivity (Wildman–Crippen MR) is 69.8 cm³/mol. The lowest BCUT2D eigenvalue weighted by atomic mass is 10.3. The average Bonchev–Trinajstić information content (AvgIpc) is 2.98. The molecule has 1 aliphatic rings. The molecule has 0 unspecified atom stereocenters. The lowest BCUT2D eigenvalue weighted by molar-refractivity contribution is 0.595. The molecule has 0 aromatic heterocycles. The Kier molecular flexibility index (Phi) is 4.09. The number of rotatable bonds is 6. The molecule has 2 N–H and O–H groups in total. The Hall–Kier alpha value is -0.850. The number of hydrogen-bond donors (Lipinski definition) is 2. The Morgan fingerprint density at radius 3 is 2.67 bits per heavy atom. The molecule has 0 saturated heterocycles. The van der Waals surface area contributed by atoms with E-state index in [9.17, 15) is 12.8 Å². The first-order chi connectivity index (χ1) is 8.44. The minimum absolute atomic E-state index is 0.0440. The van der Waals surface area contributed by atoms with E-state index in [-0.39, 0.29) is 16.5 Å². The third-order valence-electron chi connectivity index (χ3n) is 2.52. The minimum atomic E-state index is -3.47. The third-order valence-corrected chi connectivity index (χ3v) is 4.02. The van der Waals surface area contributed by atoms with Crippen LogP contribution >= 0.6 is 11.6 Å². The average molecular weight is 293 g/mol. The van der Waals surface area contributed by atoms with E-state index in [2.05, 4.69) is 10.0 Å². The summed E-state index contributed by atoms with van der Waals surface area (Å²) in [4.78, 5) is 0. The molecule has 0 spiro atoms. The zero-order chi connectivity index (χ0) is 13.2. The van der Waals surface area contributed by atoms with Crippen LogP contribution in [0.5, 0.6) is 0 Å². The molecule has 2 rings (SSSR count). The molecule has 0 aliphatic heterocycles. The summed E-state index contributed by atoms with van der Waals surface area (Å²) in [7, 11) is -3.47. The van der Waals surface area contributed by atoms with Gasteiger partial charge in [-0.25, -0.2) is 12.8 Å². The predicted octanol–water partition coefficient (Wildman–Crippen LogP) is 1.97. The number of benzene rings is 1. The molecule has 7 heteroatoms. The molecule has 0 amide bonds. The Morgan fingerprint density at radius 1 is 1.33 bits per heavy atom. The molecule has 0 radical (unpaired) electrons. The first kappa shape index (κ1) is 13.6. The fraction of sp³-hybridized carbons (Fsp3) is 0.455. The zero-order valence-electron chi connectivity index (χ0n) is 9.62. The molecule has 1 fully saturated rings. The summed E-state index contributed by atoms with van der Waals surface area (Å²) in [6.45, 7) is 0.392. The van der Waals surface area contributed by atoms with Gasteiger partial charge >= 0.3 is 0 Å². The second-order valence-electron chi connectivity index (χ2n) is 4.31. The molecule has 1 aromatic rings. The zero-order valence-corrected chi connectivity index (χ0v) is 11.2. The van der Waals surface area contributed by atoms with Crippen molar-refractivity contribution in [1.82, 2.24) is 5.32 Å². The molecule has 100 valence electrons. The number of hydrogen-bond acceptors (Lipinski definition) is 3. The first-order valence-corrected chi connectivity index (χ1v) is 7.68. The van der Waals surface area contributed by atoms with Gasteiger partial charge < -0.3 is 5.32 Å². The van der Waals surface area contributed by atoms with Gasteiger partial charge in [-0.1, -0.05) is 11.6 Å². The summed E-state index contributed by atoms with van der Waals surface area (Å²) in [5.41, 5.74) is 0.145. The van der Waals surface area contributed by atoms with Crippen molar-refractivity contribution >= 4 is 27.3 Å². The van der Waals surface area contributed by atoms with Crippen LogP contribution in [0.4, 0.5) is 10.1 Å². The fourth-order valence-electron chi connectivity index (χ4n) is 1.53. The van der Waals surface area contributed by atoms with Gasteiger partial charge in [0.15, 0.2) is 0 Å². The van der Waals surface area contributed by atoms with E-state index in [4.69, 9.17) is 11.6 Å². The van der Waals surface area contributed by atoms with Crippen molar-refractivity contribution in [2.24, 2.45) is 0 Å². The smallest absolute Gasteiger partial charge is 0.233 e. The van der Waals surface area contributed by atoms with Crippen molar-refractivity contribution in [3.05, 3.63) is 29.0 Å². The van der Waals surface area contributed by atoms with Crippen LogP contribution in [0.15, 0.2) is 18.2 Å². The molecule has 1 saturated carbocycles. The molecule has 0 heterocycles. The van der Waals surface area contributed by atoms with Gasteiger partial charge in [0.2, 0.25) is 10.0 Å². The summed E-state index contributed by atoms with van der Waals surface area (Å²) in [5.74, 6) is -0.617. The van der Waals surface area contributed by atoms with E-state index in [0.29, 0.717) is 12.6 Å². The molecule has 4 nitrogen and oxygen atoms in total. The van der Waals surface area contributed by atoms with E-state index in [1.165, 1.54) is 6.07 Å². The van der Waals surface area contributed by atoms with E-state index in [1.807, 2.05) is 0 Å². The summed E-state index contributed by atoms with van der Waals surface area (Å²) in [5, 5.41) is 3.26. The summed E-state index contributed by atoms with van der Waals surface area (Å²) < 4.78 is 38.8. The maximum Gasteiger partial charge on any atom is 0.233 e. The van der Waals surface area contributed by atoms with Crippen molar-refractivity contribution in [1.29, 1.82) is 0 Å². The van der Waals surface area contributed by atoms with Crippen LogP contribution in [-0.2, 0) is 10.0 Å². The highest BCUT2D eigenvalue weighted by molar-refractivity contribution is 7.92. The van der Waals surface area contributed by atoms with Crippen molar-refractivity contribution < 1.29 is 12.8 Å². The van der Waals surface area contributed by atoms with Crippen molar-refractivity contribution in [2.75, 3.05) is 17.0 Å². The molecule has 1 aliphatic carbocycles. The van der Waals surface area contributed by atoms with Gasteiger partial charge in [0.1, 0.15) is 5.82 Å². The van der Waals surface area contributed by atoms with Gasteiger partial charge in [0.05, 0.1) is 11.4 Å². The number of halogens is 2. The van der Waals surface area contributed by atoms with E-state index < -0.39 is 15.8 Å². The highest BCUT2D eigenvalue weighted by atomic mass is 35.5. The van der Waals surface area contributed by atoms with Gasteiger partial charge in [0, 0.05) is 17.6 Å². The standard InChI is InChI=1S/C11H14ClFN2O2S/c12-8-5-9(13)7-11(6-8)15-18(16,17)4-3-14-10-1-2-10/h5-7,10,14-15H,1-4H2. The van der Waals surface area contributed by atoms with Crippen LogP contribution in [-0.4, -0.2) is 26.8 Å². The molecule has 1 aromatic carbocycles. The monoisotopic (exact) mass is 292 g/mol. The van der Waals surface area contributed by atoms with Crippen molar-refractivity contribution in [3.63, 3.8) is 0 Å². The fourth-order valence-corrected chi connectivity index (χ4v) is 2.72. The highest BCUT2D eigenvalue weighted by Crippen LogP contribution is 2.20. The Morgan fingerprint density at radius 2 is 2.06 bits per heavy atom. The Labute approximate surface area is 111 Å². The lowest BCUT2D eigenvalue weighted by Gasteiger charge is -2.09. The van der Waals surface area contributed by atoms with E-state index in [1.54, 1.807) is 0 Å². The van der Waals surface area contributed by atoms with Gasteiger partial charge in [-0.3, -0.25) is 4.72 Å². The highest BCUT2D eigenvalue weighted by Gasteiger charge is 2.21. The Balaban J connectivity index is 1.92. The topological polar surface area (TPSA) is 58.2 Å². The van der Waals surface area contributed by atoms with E-state index in [0.717, 1.165) is 25.0 Å². The lowest BCUT2D eigenvalue weighted by Crippen LogP contribution is -2.28. The van der Waals surface area contributed by atoms with Crippen LogP contribution in [0.2, 0.25) is 5.02 Å². The minimum Gasteiger partial charge on any atom is -0.313 e. The summed E-state index contributed by atoms with van der Waals surface area (Å²) >= 11 is 5.65. The number of sulfonamides is 1. The maximum atomic E-state index is 13.0. The molecular formula is C11H14ClFN2O2S. The maximum absolute atomic E-state index is 13.0. The van der Waals surface area contributed by atoms with Crippen molar-refractivity contribution in [2.45, 2.75) is 18.9 Å². The SMILES string of the molecule is O=S(=O)(CCNC1CC1)Nc1cc(F)cc(Cl)c1. The third kappa shape index (κ3) is 4.44.